The molecule has 1 heterocycles. The van der Waals surface area contributed by atoms with Crippen molar-refractivity contribution in [2.24, 2.45) is 0 Å². The maximum absolute atomic E-state index is 13.3. The summed E-state index contributed by atoms with van der Waals surface area (Å²) in [6.45, 7) is 7.48. The van der Waals surface area contributed by atoms with Crippen molar-refractivity contribution in [1.29, 1.82) is 0 Å². The first-order chi connectivity index (χ1) is 9.38. The Morgan fingerprint density at radius 3 is 2.30 bits per heavy atom. The highest BCUT2D eigenvalue weighted by atomic mass is 32.2. The molecule has 1 aromatic carbocycles. The smallest absolute Gasteiger partial charge is 0.192 e. The van der Waals surface area contributed by atoms with Crippen LogP contribution in [0, 0.1) is 26.6 Å². The monoisotopic (exact) mass is 292 g/mol. The van der Waals surface area contributed by atoms with Gasteiger partial charge in [-0.3, -0.25) is 0 Å². The molecule has 0 saturated carbocycles. The number of halogens is 1. The van der Waals surface area contributed by atoms with Crippen molar-refractivity contribution in [3.63, 3.8) is 0 Å². The Hall–Kier alpha value is -1.46. The van der Waals surface area contributed by atoms with E-state index in [-0.39, 0.29) is 5.82 Å². The lowest BCUT2D eigenvalue weighted by molar-refractivity contribution is 0.196. The molecule has 0 aliphatic carbocycles. The number of nitrogens with zero attached hydrogens (tertiary/aromatic N) is 2. The predicted molar refractivity (Wildman–Crippen MR) is 77.4 cm³/mol. The van der Waals surface area contributed by atoms with Crippen molar-refractivity contribution in [3.05, 3.63) is 46.5 Å². The number of aliphatic hydroxyl groups is 1. The molecule has 0 bridgehead atoms. The van der Waals surface area contributed by atoms with Gasteiger partial charge in [0.1, 0.15) is 5.82 Å². The second-order valence-corrected chi connectivity index (χ2v) is 5.77. The third-order valence-electron chi connectivity index (χ3n) is 3.24. The van der Waals surface area contributed by atoms with E-state index in [1.165, 1.54) is 23.9 Å². The van der Waals surface area contributed by atoms with Crippen LogP contribution in [0.5, 0.6) is 0 Å². The maximum atomic E-state index is 13.3. The number of aromatic nitrogens is 2. The van der Waals surface area contributed by atoms with Gasteiger partial charge in [-0.05, 0) is 68.8 Å². The summed E-state index contributed by atoms with van der Waals surface area (Å²) in [5, 5.41) is 10.3. The quantitative estimate of drug-likeness (QED) is 0.875. The molecule has 3 nitrogen and oxygen atoms in total. The van der Waals surface area contributed by atoms with Gasteiger partial charge in [0, 0.05) is 16.3 Å². The maximum Gasteiger partial charge on any atom is 0.192 e. The molecule has 2 aromatic rings. The van der Waals surface area contributed by atoms with E-state index in [1.54, 1.807) is 13.0 Å². The average molecular weight is 292 g/mol. The van der Waals surface area contributed by atoms with E-state index in [0.717, 1.165) is 21.8 Å². The highest BCUT2D eigenvalue weighted by molar-refractivity contribution is 7.99. The molecule has 2 rings (SSSR count). The van der Waals surface area contributed by atoms with E-state index < -0.39 is 6.10 Å². The lowest BCUT2D eigenvalue weighted by Gasteiger charge is -2.12. The Labute approximate surface area is 122 Å². The molecule has 106 valence electrons. The van der Waals surface area contributed by atoms with Crippen LogP contribution in [0.15, 0.2) is 28.3 Å². The Bertz CT molecular complexity index is 621. The molecule has 0 fully saturated rings. The molecule has 1 atom stereocenters. The minimum absolute atomic E-state index is 0.359. The van der Waals surface area contributed by atoms with Gasteiger partial charge >= 0.3 is 0 Å². The van der Waals surface area contributed by atoms with E-state index in [0.29, 0.717) is 10.7 Å². The predicted octanol–water partition coefficient (Wildman–Crippen LogP) is 3.75. The fourth-order valence-electron chi connectivity index (χ4n) is 1.82. The summed E-state index contributed by atoms with van der Waals surface area (Å²) in [4.78, 5) is 9.62. The van der Waals surface area contributed by atoms with Crippen LogP contribution in [0.25, 0.3) is 0 Å². The van der Waals surface area contributed by atoms with Gasteiger partial charge < -0.3 is 5.11 Å². The molecule has 0 spiro atoms. The highest BCUT2D eigenvalue weighted by Crippen LogP contribution is 2.32. The third-order valence-corrected chi connectivity index (χ3v) is 4.19. The molecule has 1 unspecified atom stereocenters. The molecule has 0 aliphatic heterocycles. The first-order valence-electron chi connectivity index (χ1n) is 6.35. The van der Waals surface area contributed by atoms with E-state index >= 15 is 0 Å². The third kappa shape index (κ3) is 3.16. The van der Waals surface area contributed by atoms with Crippen LogP contribution in [0.3, 0.4) is 0 Å². The molecule has 1 N–H and O–H groups in total. The molecule has 0 saturated heterocycles. The van der Waals surface area contributed by atoms with Crippen molar-refractivity contribution in [1.82, 2.24) is 9.97 Å². The average Bonchev–Trinajstić information content (AvgIpc) is 2.37. The van der Waals surface area contributed by atoms with E-state index in [1.807, 2.05) is 20.8 Å². The molecular formula is C15H17FN2OS. The first-order valence-corrected chi connectivity index (χ1v) is 7.17. The summed E-state index contributed by atoms with van der Waals surface area (Å²) in [5.41, 5.74) is 3.49. The Kier molecular flexibility index (Phi) is 4.40. The normalized spacial score (nSPS) is 12.5. The number of hydrogen-bond acceptors (Lipinski definition) is 4. The van der Waals surface area contributed by atoms with Gasteiger partial charge in [0.2, 0.25) is 0 Å². The molecule has 0 radical (unpaired) electrons. The lowest BCUT2D eigenvalue weighted by Crippen LogP contribution is -2.00. The Balaban J connectivity index is 2.40. The summed E-state index contributed by atoms with van der Waals surface area (Å²) in [7, 11) is 0. The van der Waals surface area contributed by atoms with Crippen molar-refractivity contribution in [2.75, 3.05) is 0 Å². The van der Waals surface area contributed by atoms with Gasteiger partial charge in [-0.25, -0.2) is 14.4 Å². The molecule has 20 heavy (non-hydrogen) atoms. The lowest BCUT2D eigenvalue weighted by atomic mass is 10.1. The van der Waals surface area contributed by atoms with Gasteiger partial charge in [-0.1, -0.05) is 0 Å². The number of benzene rings is 1. The van der Waals surface area contributed by atoms with Gasteiger partial charge in [-0.15, -0.1) is 0 Å². The van der Waals surface area contributed by atoms with Crippen LogP contribution < -0.4 is 0 Å². The minimum Gasteiger partial charge on any atom is -0.389 e. The van der Waals surface area contributed by atoms with E-state index in [9.17, 15) is 9.50 Å². The molecule has 0 amide bonds. The number of aryl methyl sites for hydroxylation is 2. The molecular weight excluding hydrogens is 275 g/mol. The molecule has 1 aromatic heterocycles. The second kappa shape index (κ2) is 5.89. The highest BCUT2D eigenvalue weighted by Gasteiger charge is 2.13. The summed E-state index contributed by atoms with van der Waals surface area (Å²) in [5.74, 6) is -0.359. The fraction of sp³-hybridized carbons (Fsp3) is 0.333. The van der Waals surface area contributed by atoms with Crippen LogP contribution >= 0.6 is 11.8 Å². The van der Waals surface area contributed by atoms with E-state index in [2.05, 4.69) is 9.97 Å². The van der Waals surface area contributed by atoms with Crippen molar-refractivity contribution < 1.29 is 9.50 Å². The van der Waals surface area contributed by atoms with Crippen molar-refractivity contribution in [2.45, 2.75) is 43.9 Å². The van der Waals surface area contributed by atoms with Crippen molar-refractivity contribution in [3.8, 4) is 0 Å². The van der Waals surface area contributed by atoms with Crippen LogP contribution in [0.4, 0.5) is 4.39 Å². The summed E-state index contributed by atoms with van der Waals surface area (Å²) < 4.78 is 13.3. The summed E-state index contributed by atoms with van der Waals surface area (Å²) in [6, 6.07) is 4.37. The number of hydrogen-bond donors (Lipinski definition) is 1. The van der Waals surface area contributed by atoms with Gasteiger partial charge in [0.25, 0.3) is 0 Å². The largest absolute Gasteiger partial charge is 0.389 e. The summed E-state index contributed by atoms with van der Waals surface area (Å²) in [6.07, 6.45) is -0.735. The summed E-state index contributed by atoms with van der Waals surface area (Å²) >= 11 is 1.34. The van der Waals surface area contributed by atoms with Gasteiger partial charge in [-0.2, -0.15) is 0 Å². The SMILES string of the molecule is Cc1nc(Sc2ccc(F)cc2C(C)O)nc(C)c1C. The number of aliphatic hydroxyl groups excluding tert-OH is 1. The zero-order valence-corrected chi connectivity index (χ0v) is 12.8. The zero-order valence-electron chi connectivity index (χ0n) is 11.9. The minimum atomic E-state index is -0.735. The van der Waals surface area contributed by atoms with Crippen LogP contribution in [0.1, 0.15) is 35.5 Å². The zero-order chi connectivity index (χ0) is 14.9. The topological polar surface area (TPSA) is 46.0 Å². The Morgan fingerprint density at radius 1 is 1.15 bits per heavy atom. The van der Waals surface area contributed by atoms with Crippen LogP contribution in [-0.4, -0.2) is 15.1 Å². The van der Waals surface area contributed by atoms with Crippen LogP contribution in [-0.2, 0) is 0 Å². The first kappa shape index (κ1) is 14.9. The second-order valence-electron chi connectivity index (χ2n) is 4.76. The van der Waals surface area contributed by atoms with Gasteiger partial charge in [0.15, 0.2) is 5.16 Å². The van der Waals surface area contributed by atoms with Gasteiger partial charge in [0.05, 0.1) is 6.10 Å². The van der Waals surface area contributed by atoms with Crippen LogP contribution in [0.2, 0.25) is 0 Å². The molecule has 0 aliphatic rings. The standard InChI is InChI=1S/C15H17FN2OS/c1-8-9(2)17-15(18-10(8)3)20-14-6-5-12(16)7-13(14)11(4)19/h5-7,11,19H,1-4H3. The van der Waals surface area contributed by atoms with Crippen molar-refractivity contribution >= 4 is 11.8 Å². The Morgan fingerprint density at radius 2 is 1.75 bits per heavy atom. The number of rotatable bonds is 3. The van der Waals surface area contributed by atoms with E-state index in [4.69, 9.17) is 0 Å². The molecule has 5 heteroatoms. The fourth-order valence-corrected chi connectivity index (χ4v) is 2.87.